The van der Waals surface area contributed by atoms with Gasteiger partial charge in [0.2, 0.25) is 0 Å². The quantitative estimate of drug-likeness (QED) is 0.0929. The van der Waals surface area contributed by atoms with Crippen LogP contribution in [0.5, 0.6) is 0 Å². The Hall–Kier alpha value is -0.0957. The smallest absolute Gasteiger partial charge is 0.0425 e. The Balaban J connectivity index is 0. The Morgan fingerprint density at radius 3 is 1.65 bits per heavy atom. The molecule has 0 aromatic carbocycles. The van der Waals surface area contributed by atoms with E-state index in [0.717, 1.165) is 6.42 Å². The molecule has 0 aromatic heterocycles. The fraction of sp³-hybridized carbons (Fsp3) is 0.742. The Morgan fingerprint density at radius 1 is 0.853 bits per heavy atom. The fourth-order valence-corrected chi connectivity index (χ4v) is 14.3. The second-order valence-electron chi connectivity index (χ2n) is 11.5. The number of hydrogen-bond acceptors (Lipinski definition) is 1. The van der Waals surface area contributed by atoms with Crippen molar-refractivity contribution in [2.75, 3.05) is 0 Å². The summed E-state index contributed by atoms with van der Waals surface area (Å²) in [5.41, 5.74) is 1.32. The normalized spacial score (nSPS) is 14.4. The summed E-state index contributed by atoms with van der Waals surface area (Å²) in [4.78, 5) is 0. The SMILES string of the molecule is C=CC=CCCCC.CCCC(C)(C)P(=NC1=CC=CC1)(C(C)(C)CCC)C(C)(C)CCC.[Ti]. The number of nitrogens with zero attached hydrogens (tertiary/aromatic N) is 1. The first-order chi connectivity index (χ1) is 15.4. The van der Waals surface area contributed by atoms with Crippen molar-refractivity contribution in [2.45, 2.75) is 149 Å². The van der Waals surface area contributed by atoms with Gasteiger partial charge in [0.1, 0.15) is 0 Å². The second-order valence-corrected chi connectivity index (χ2v) is 16.6. The summed E-state index contributed by atoms with van der Waals surface area (Å²) in [5, 5.41) is 0.799. The number of rotatable bonds is 14. The van der Waals surface area contributed by atoms with Crippen molar-refractivity contribution >= 4 is 7.05 Å². The van der Waals surface area contributed by atoms with Gasteiger partial charge in [0.15, 0.2) is 0 Å². The van der Waals surface area contributed by atoms with Crippen LogP contribution < -0.4 is 0 Å². The summed E-state index contributed by atoms with van der Waals surface area (Å²) < 4.78 is 5.79. The molecule has 34 heavy (non-hydrogen) atoms. The van der Waals surface area contributed by atoms with E-state index in [1.807, 2.05) is 12.2 Å². The Labute approximate surface area is 230 Å². The van der Waals surface area contributed by atoms with E-state index in [0.29, 0.717) is 0 Å². The van der Waals surface area contributed by atoms with Crippen LogP contribution in [0.1, 0.15) is 133 Å². The molecule has 0 bridgehead atoms. The van der Waals surface area contributed by atoms with Gasteiger partial charge in [-0.25, -0.2) is 0 Å². The molecule has 0 heterocycles. The van der Waals surface area contributed by atoms with Crippen LogP contribution in [0.3, 0.4) is 0 Å². The summed E-state index contributed by atoms with van der Waals surface area (Å²) >= 11 is 0. The van der Waals surface area contributed by atoms with E-state index in [1.165, 1.54) is 63.5 Å². The average molecular weight is 524 g/mol. The molecule has 0 fully saturated rings. The zero-order chi connectivity index (χ0) is 25.6. The standard InChI is InChI=1S/C23H44NP.C8H14.Ti/c1-10-17-21(4,5)25(22(6,7)18-11-2,23(8,9)19-12-3)24-20-15-13-14-16-20;1-3-5-7-8-6-4-2;/h13-15H,10-12,16-19H2,1-9H3;3,5,7H,1,4,6,8H2,2H3;. The number of unbranched alkanes of at least 4 members (excludes halogenated alkanes) is 2. The van der Waals surface area contributed by atoms with Crippen LogP contribution in [0.25, 0.3) is 0 Å². The minimum atomic E-state index is -1.69. The molecule has 3 heteroatoms. The van der Waals surface area contributed by atoms with Crippen LogP contribution in [0.2, 0.25) is 0 Å². The molecule has 0 saturated carbocycles. The molecule has 0 unspecified atom stereocenters. The van der Waals surface area contributed by atoms with Crippen molar-refractivity contribution in [1.82, 2.24) is 0 Å². The largest absolute Gasteiger partial charge is 0.270 e. The van der Waals surface area contributed by atoms with Crippen molar-refractivity contribution in [3.05, 3.63) is 48.7 Å². The summed E-state index contributed by atoms with van der Waals surface area (Å²) in [6.45, 7) is 28.0. The summed E-state index contributed by atoms with van der Waals surface area (Å²) in [6.07, 6.45) is 25.0. The van der Waals surface area contributed by atoms with Gasteiger partial charge in [-0.1, -0.05) is 138 Å². The van der Waals surface area contributed by atoms with Crippen molar-refractivity contribution in [2.24, 2.45) is 4.74 Å². The summed E-state index contributed by atoms with van der Waals surface area (Å²) in [6, 6.07) is 0. The molecule has 196 valence electrons. The van der Waals surface area contributed by atoms with Gasteiger partial charge in [0, 0.05) is 49.3 Å². The minimum absolute atomic E-state index is 0. The van der Waals surface area contributed by atoms with E-state index < -0.39 is 7.05 Å². The summed E-state index contributed by atoms with van der Waals surface area (Å²) in [7, 11) is -1.69. The van der Waals surface area contributed by atoms with E-state index in [1.54, 1.807) is 0 Å². The zero-order valence-corrected chi connectivity index (χ0v) is 27.1. The molecule has 1 nitrogen and oxygen atoms in total. The average Bonchev–Trinajstić information content (AvgIpc) is 3.22. The molecule has 0 N–H and O–H groups in total. The van der Waals surface area contributed by atoms with Gasteiger partial charge in [0.05, 0.1) is 0 Å². The van der Waals surface area contributed by atoms with Crippen LogP contribution in [-0.4, -0.2) is 15.5 Å². The molecule has 0 aromatic rings. The molecule has 0 atom stereocenters. The Morgan fingerprint density at radius 2 is 1.32 bits per heavy atom. The third-order valence-electron chi connectivity index (χ3n) is 7.24. The van der Waals surface area contributed by atoms with Crippen molar-refractivity contribution in [3.63, 3.8) is 0 Å². The first-order valence-corrected chi connectivity index (χ1v) is 15.4. The summed E-state index contributed by atoms with van der Waals surface area (Å²) in [5.74, 6) is 0. The monoisotopic (exact) mass is 523 g/mol. The first kappa shape index (κ1) is 36.1. The van der Waals surface area contributed by atoms with Gasteiger partial charge in [-0.05, 0) is 38.8 Å². The Kier molecular flexibility index (Phi) is 18.4. The van der Waals surface area contributed by atoms with Crippen LogP contribution in [-0.2, 0) is 21.7 Å². The molecule has 0 aliphatic heterocycles. The van der Waals surface area contributed by atoms with Crippen LogP contribution in [0.15, 0.2) is 53.5 Å². The molecule has 1 rings (SSSR count). The van der Waals surface area contributed by atoms with Gasteiger partial charge in [-0.3, -0.25) is 4.74 Å². The minimum Gasteiger partial charge on any atom is -0.270 e. The van der Waals surface area contributed by atoms with Crippen molar-refractivity contribution < 1.29 is 21.7 Å². The molecule has 0 amide bonds. The van der Waals surface area contributed by atoms with Crippen molar-refractivity contribution in [3.8, 4) is 0 Å². The van der Waals surface area contributed by atoms with E-state index >= 15 is 0 Å². The number of allylic oxidation sites excluding steroid dienone is 6. The van der Waals surface area contributed by atoms with E-state index in [-0.39, 0.29) is 37.2 Å². The predicted molar refractivity (Wildman–Crippen MR) is 157 cm³/mol. The van der Waals surface area contributed by atoms with Crippen LogP contribution in [0, 0.1) is 0 Å². The molecule has 1 aliphatic carbocycles. The second kappa shape index (κ2) is 17.4. The molecule has 0 saturated heterocycles. The topological polar surface area (TPSA) is 12.4 Å². The van der Waals surface area contributed by atoms with Crippen LogP contribution >= 0.6 is 7.05 Å². The van der Waals surface area contributed by atoms with E-state index in [4.69, 9.17) is 4.74 Å². The maximum atomic E-state index is 5.79. The molecule has 1 aliphatic rings. The fourth-order valence-electron chi connectivity index (χ4n) is 6.40. The molecular weight excluding hydrogens is 465 g/mol. The van der Waals surface area contributed by atoms with Crippen molar-refractivity contribution in [1.29, 1.82) is 0 Å². The zero-order valence-electron chi connectivity index (χ0n) is 24.6. The van der Waals surface area contributed by atoms with Crippen LogP contribution in [0.4, 0.5) is 0 Å². The van der Waals surface area contributed by atoms with E-state index in [9.17, 15) is 0 Å². The maximum absolute atomic E-state index is 5.79. The van der Waals surface area contributed by atoms with Gasteiger partial charge in [-0.15, -0.1) is 0 Å². The van der Waals surface area contributed by atoms with Gasteiger partial charge in [-0.2, -0.15) is 0 Å². The van der Waals surface area contributed by atoms with E-state index in [2.05, 4.69) is 100 Å². The molecule has 0 radical (unpaired) electrons. The maximum Gasteiger partial charge on any atom is 0.0425 e. The first-order valence-electron chi connectivity index (χ1n) is 13.7. The molecule has 0 spiro atoms. The third kappa shape index (κ3) is 9.75. The molecular formula is C31H58NPTi. The van der Waals surface area contributed by atoms with Gasteiger partial charge in [0.25, 0.3) is 0 Å². The third-order valence-corrected chi connectivity index (χ3v) is 13.7. The van der Waals surface area contributed by atoms with Gasteiger partial charge < -0.3 is 0 Å². The Bertz CT molecular complexity index is 655. The predicted octanol–water partition coefficient (Wildman–Crippen LogP) is 11.7. The number of hydrogen-bond donors (Lipinski definition) is 0. The van der Waals surface area contributed by atoms with Gasteiger partial charge >= 0.3 is 0 Å².